The van der Waals surface area contributed by atoms with E-state index in [2.05, 4.69) is 0 Å². The molecule has 2 aliphatic carbocycles. The SMILES string of the molecule is CC1(C)Cc2nc(C3CCCC3)c(C(F)c3ccc(C(F)(F)F)cc3[N+](=O)[O-])c(-c3ccc(F)cc3)c2C(O)C1. The number of nitro groups is 1. The Bertz CT molecular complexity index is 1450. The van der Waals surface area contributed by atoms with Gasteiger partial charge in [0.1, 0.15) is 5.82 Å². The van der Waals surface area contributed by atoms with Crippen molar-refractivity contribution in [1.29, 1.82) is 0 Å². The van der Waals surface area contributed by atoms with Gasteiger partial charge in [0.2, 0.25) is 0 Å². The standard InChI is InChI=1S/C30H29F5N2O3/c1-29(2)14-21-25(23(38)15-29)24(16-7-10-19(31)11-8-16)26(28(36-21)17-5-3-4-6-17)27(32)20-12-9-18(30(33,34)35)13-22(20)37(39)40/h7-13,17,23,27,38H,3-6,14-15H2,1-2H3. The number of aromatic nitrogens is 1. The van der Waals surface area contributed by atoms with Crippen LogP contribution in [-0.4, -0.2) is 15.0 Å². The van der Waals surface area contributed by atoms with Crippen LogP contribution in [-0.2, 0) is 12.6 Å². The molecule has 1 fully saturated rings. The summed E-state index contributed by atoms with van der Waals surface area (Å²) < 4.78 is 71.0. The summed E-state index contributed by atoms with van der Waals surface area (Å²) in [7, 11) is 0. The van der Waals surface area contributed by atoms with Gasteiger partial charge in [-0.1, -0.05) is 38.8 Å². The van der Waals surface area contributed by atoms with Crippen LogP contribution in [0.5, 0.6) is 0 Å². The maximum absolute atomic E-state index is 16.9. The maximum atomic E-state index is 16.9. The third-order valence-corrected chi connectivity index (χ3v) is 8.06. The quantitative estimate of drug-likeness (QED) is 0.193. The normalized spacial score (nSPS) is 19.9. The minimum Gasteiger partial charge on any atom is -0.388 e. The molecule has 5 rings (SSSR count). The first-order valence-corrected chi connectivity index (χ1v) is 13.3. The molecule has 2 aliphatic rings. The maximum Gasteiger partial charge on any atom is 0.416 e. The van der Waals surface area contributed by atoms with E-state index < -0.39 is 46.0 Å². The molecule has 1 N–H and O–H groups in total. The number of rotatable bonds is 5. The van der Waals surface area contributed by atoms with Gasteiger partial charge in [-0.15, -0.1) is 0 Å². The van der Waals surface area contributed by atoms with Crippen LogP contribution >= 0.6 is 0 Å². The van der Waals surface area contributed by atoms with Crippen molar-refractivity contribution >= 4 is 5.69 Å². The van der Waals surface area contributed by atoms with Crippen LogP contribution in [0, 0.1) is 21.3 Å². The van der Waals surface area contributed by atoms with Crippen LogP contribution in [0.2, 0.25) is 0 Å². The van der Waals surface area contributed by atoms with Crippen molar-refractivity contribution in [2.75, 3.05) is 0 Å². The zero-order valence-electron chi connectivity index (χ0n) is 22.1. The zero-order valence-corrected chi connectivity index (χ0v) is 22.1. The molecule has 212 valence electrons. The van der Waals surface area contributed by atoms with Gasteiger partial charge >= 0.3 is 6.18 Å². The molecule has 2 aromatic carbocycles. The number of fused-ring (bicyclic) bond motifs is 1. The van der Waals surface area contributed by atoms with Crippen LogP contribution in [0.15, 0.2) is 42.5 Å². The molecular formula is C30H29F5N2O3. The third kappa shape index (κ3) is 5.21. The minimum absolute atomic E-state index is 0.0149. The average molecular weight is 561 g/mol. The van der Waals surface area contributed by atoms with Gasteiger partial charge in [0.15, 0.2) is 6.17 Å². The number of nitro benzene ring substituents is 1. The van der Waals surface area contributed by atoms with E-state index in [-0.39, 0.29) is 22.5 Å². The van der Waals surface area contributed by atoms with E-state index >= 15 is 4.39 Å². The number of halogens is 5. The Hall–Kier alpha value is -3.40. The lowest BCUT2D eigenvalue weighted by molar-refractivity contribution is -0.386. The predicted octanol–water partition coefficient (Wildman–Crippen LogP) is 8.54. The molecule has 0 bridgehead atoms. The van der Waals surface area contributed by atoms with Gasteiger partial charge in [0.05, 0.1) is 27.8 Å². The Kier molecular flexibility index (Phi) is 7.18. The van der Waals surface area contributed by atoms with E-state index in [4.69, 9.17) is 4.98 Å². The van der Waals surface area contributed by atoms with Gasteiger partial charge in [0, 0.05) is 28.8 Å². The number of benzene rings is 2. The van der Waals surface area contributed by atoms with E-state index in [9.17, 15) is 32.8 Å². The second-order valence-electron chi connectivity index (χ2n) is 11.6. The van der Waals surface area contributed by atoms with E-state index in [0.717, 1.165) is 18.9 Å². The number of pyridine rings is 1. The van der Waals surface area contributed by atoms with E-state index in [1.54, 1.807) is 0 Å². The smallest absolute Gasteiger partial charge is 0.388 e. The first-order valence-electron chi connectivity index (χ1n) is 13.3. The van der Waals surface area contributed by atoms with Gasteiger partial charge in [-0.25, -0.2) is 8.78 Å². The first-order chi connectivity index (χ1) is 18.8. The molecule has 1 heterocycles. The van der Waals surface area contributed by atoms with Crippen molar-refractivity contribution < 1.29 is 32.0 Å². The molecule has 0 amide bonds. The highest BCUT2D eigenvalue weighted by Crippen LogP contribution is 2.51. The molecule has 0 radical (unpaired) electrons. The van der Waals surface area contributed by atoms with E-state index in [1.807, 2.05) is 13.8 Å². The molecule has 1 saturated carbocycles. The van der Waals surface area contributed by atoms with Gasteiger partial charge in [-0.3, -0.25) is 15.1 Å². The van der Waals surface area contributed by atoms with Crippen molar-refractivity contribution in [3.05, 3.63) is 92.0 Å². The lowest BCUT2D eigenvalue weighted by Gasteiger charge is -2.37. The molecule has 1 aromatic heterocycles. The molecule has 10 heteroatoms. The van der Waals surface area contributed by atoms with Gasteiger partial charge in [0.25, 0.3) is 5.69 Å². The summed E-state index contributed by atoms with van der Waals surface area (Å²) in [5.74, 6) is -0.700. The van der Waals surface area contributed by atoms with Crippen LogP contribution < -0.4 is 0 Å². The number of hydrogen-bond donors (Lipinski definition) is 1. The summed E-state index contributed by atoms with van der Waals surface area (Å²) >= 11 is 0. The second kappa shape index (κ2) is 10.2. The second-order valence-corrected chi connectivity index (χ2v) is 11.6. The molecule has 3 aromatic rings. The lowest BCUT2D eigenvalue weighted by atomic mass is 9.71. The van der Waals surface area contributed by atoms with Crippen LogP contribution in [0.25, 0.3) is 11.1 Å². The Morgan fingerprint density at radius 1 is 1.10 bits per heavy atom. The zero-order chi connectivity index (χ0) is 29.0. The highest BCUT2D eigenvalue weighted by atomic mass is 19.4. The molecule has 40 heavy (non-hydrogen) atoms. The summed E-state index contributed by atoms with van der Waals surface area (Å²) in [5, 5.41) is 23.2. The van der Waals surface area contributed by atoms with E-state index in [0.29, 0.717) is 60.3 Å². The molecule has 0 spiro atoms. The average Bonchev–Trinajstić information content (AvgIpc) is 3.41. The van der Waals surface area contributed by atoms with Crippen LogP contribution in [0.4, 0.5) is 27.6 Å². The third-order valence-electron chi connectivity index (χ3n) is 8.06. The minimum atomic E-state index is -4.85. The molecular weight excluding hydrogens is 531 g/mol. The fourth-order valence-electron chi connectivity index (χ4n) is 6.27. The number of hydrogen-bond acceptors (Lipinski definition) is 4. The van der Waals surface area contributed by atoms with Crippen molar-refractivity contribution in [2.24, 2.45) is 5.41 Å². The number of nitrogens with zero attached hydrogens (tertiary/aromatic N) is 2. The summed E-state index contributed by atoms with van der Waals surface area (Å²) in [6.45, 7) is 3.98. The van der Waals surface area contributed by atoms with Gasteiger partial charge < -0.3 is 5.11 Å². The predicted molar refractivity (Wildman–Crippen MR) is 139 cm³/mol. The summed E-state index contributed by atoms with van der Waals surface area (Å²) in [5.41, 5.74) is -1.09. The Labute approximate surface area is 228 Å². The molecule has 0 saturated heterocycles. The summed E-state index contributed by atoms with van der Waals surface area (Å²) in [6.07, 6.45) is -4.13. The van der Waals surface area contributed by atoms with Gasteiger partial charge in [-0.05, 0) is 66.5 Å². The highest BCUT2D eigenvalue weighted by molar-refractivity contribution is 5.75. The molecule has 2 atom stereocenters. The monoisotopic (exact) mass is 560 g/mol. The largest absolute Gasteiger partial charge is 0.416 e. The molecule has 2 unspecified atom stereocenters. The van der Waals surface area contributed by atoms with E-state index in [1.165, 1.54) is 24.3 Å². The highest BCUT2D eigenvalue weighted by Gasteiger charge is 2.41. The summed E-state index contributed by atoms with van der Waals surface area (Å²) in [6, 6.07) is 7.09. The number of aliphatic hydroxyl groups is 1. The lowest BCUT2D eigenvalue weighted by Crippen LogP contribution is -2.29. The molecule has 0 aliphatic heterocycles. The Morgan fingerprint density at radius 2 is 1.75 bits per heavy atom. The van der Waals surface area contributed by atoms with Gasteiger partial charge in [-0.2, -0.15) is 13.2 Å². The van der Waals surface area contributed by atoms with Crippen molar-refractivity contribution in [3.8, 4) is 11.1 Å². The summed E-state index contributed by atoms with van der Waals surface area (Å²) in [4.78, 5) is 15.8. The fraction of sp³-hybridized carbons (Fsp3) is 0.433. The topological polar surface area (TPSA) is 76.3 Å². The van der Waals surface area contributed by atoms with Crippen molar-refractivity contribution in [1.82, 2.24) is 4.98 Å². The van der Waals surface area contributed by atoms with Crippen molar-refractivity contribution in [3.63, 3.8) is 0 Å². The number of alkyl halides is 4. The Balaban J connectivity index is 1.83. The Morgan fingerprint density at radius 3 is 2.35 bits per heavy atom. The number of aliphatic hydroxyl groups excluding tert-OH is 1. The fourth-order valence-corrected chi connectivity index (χ4v) is 6.27. The van der Waals surface area contributed by atoms with Crippen molar-refractivity contribution in [2.45, 2.75) is 76.7 Å². The van der Waals surface area contributed by atoms with Crippen LogP contribution in [0.3, 0.4) is 0 Å². The van der Waals surface area contributed by atoms with Crippen LogP contribution in [0.1, 0.15) is 97.8 Å². The first kappa shape index (κ1) is 28.1. The molecule has 5 nitrogen and oxygen atoms in total.